The van der Waals surface area contributed by atoms with Crippen LogP contribution in [0.15, 0.2) is 78.9 Å². The first-order valence-electron chi connectivity index (χ1n) is 12.8. The van der Waals surface area contributed by atoms with E-state index in [0.717, 1.165) is 34.9 Å². The second-order valence-corrected chi connectivity index (χ2v) is 9.83. The lowest BCUT2D eigenvalue weighted by atomic mass is 9.73. The van der Waals surface area contributed by atoms with Crippen molar-refractivity contribution in [3.8, 4) is 6.07 Å². The molecule has 1 amide bonds. The van der Waals surface area contributed by atoms with Crippen molar-refractivity contribution >= 4 is 34.2 Å². The molecule has 0 aliphatic heterocycles. The highest BCUT2D eigenvalue weighted by molar-refractivity contribution is 6.31. The summed E-state index contributed by atoms with van der Waals surface area (Å²) < 4.78 is 14.8. The van der Waals surface area contributed by atoms with Crippen LogP contribution >= 0.6 is 11.6 Å². The molecule has 0 fully saturated rings. The summed E-state index contributed by atoms with van der Waals surface area (Å²) in [4.78, 5) is 23.3. The summed E-state index contributed by atoms with van der Waals surface area (Å²) in [7, 11) is 0. The van der Waals surface area contributed by atoms with E-state index in [4.69, 9.17) is 16.7 Å². The number of aliphatic carboxylic acids is 1. The van der Waals surface area contributed by atoms with E-state index in [-0.39, 0.29) is 36.5 Å². The molecule has 2 unspecified atom stereocenters. The zero-order valence-corrected chi connectivity index (χ0v) is 22.2. The molecule has 198 valence electrons. The minimum absolute atomic E-state index is 0.0445. The maximum Gasteiger partial charge on any atom is 0.305 e. The summed E-state index contributed by atoms with van der Waals surface area (Å²) in [5.41, 5.74) is 3.67. The lowest BCUT2D eigenvalue weighted by molar-refractivity contribution is -0.136. The molecule has 2 N–H and O–H groups in total. The molecule has 7 heteroatoms. The molecule has 0 saturated carbocycles. The van der Waals surface area contributed by atoms with Crippen LogP contribution in [0.1, 0.15) is 70.6 Å². The molecule has 0 radical (unpaired) electrons. The predicted octanol–water partition coefficient (Wildman–Crippen LogP) is 7.42. The van der Waals surface area contributed by atoms with E-state index in [1.807, 2.05) is 48.5 Å². The average molecular weight is 543 g/mol. The van der Waals surface area contributed by atoms with Gasteiger partial charge in [0.25, 0.3) is 5.91 Å². The third kappa shape index (κ3) is 6.27. The second-order valence-electron chi connectivity index (χ2n) is 9.43. The Balaban J connectivity index is 1.81. The van der Waals surface area contributed by atoms with Gasteiger partial charge in [0.15, 0.2) is 0 Å². The number of nitrogens with zero attached hydrogens (tertiary/aromatic N) is 1. The van der Waals surface area contributed by atoms with Crippen molar-refractivity contribution < 1.29 is 19.1 Å². The van der Waals surface area contributed by atoms with Gasteiger partial charge in [0.2, 0.25) is 0 Å². The molecule has 4 rings (SSSR count). The van der Waals surface area contributed by atoms with E-state index in [2.05, 4.69) is 18.3 Å². The van der Waals surface area contributed by atoms with Crippen molar-refractivity contribution in [2.24, 2.45) is 0 Å². The van der Waals surface area contributed by atoms with Gasteiger partial charge in [-0.3, -0.25) is 9.59 Å². The van der Waals surface area contributed by atoms with Gasteiger partial charge in [-0.05, 0) is 64.7 Å². The number of carboxylic acids is 1. The summed E-state index contributed by atoms with van der Waals surface area (Å²) >= 11 is 6.49. The molecule has 0 saturated heterocycles. The Bertz CT molecular complexity index is 1550. The number of carbonyl (C=O) groups excluding carboxylic acids is 1. The summed E-state index contributed by atoms with van der Waals surface area (Å²) in [6.07, 6.45) is 1.53. The van der Waals surface area contributed by atoms with Gasteiger partial charge in [-0.15, -0.1) is 0 Å². The normalized spacial score (nSPS) is 12.5. The fraction of sp³-hybridized carbons (Fsp3) is 0.219. The molecule has 2 atom stereocenters. The van der Waals surface area contributed by atoms with Gasteiger partial charge in [-0.1, -0.05) is 73.5 Å². The van der Waals surface area contributed by atoms with Crippen LogP contribution in [0.4, 0.5) is 4.39 Å². The molecular weight excluding hydrogens is 515 g/mol. The van der Waals surface area contributed by atoms with Gasteiger partial charge in [0.1, 0.15) is 11.9 Å². The Morgan fingerprint density at radius 2 is 1.69 bits per heavy atom. The van der Waals surface area contributed by atoms with Crippen LogP contribution in [0.2, 0.25) is 5.02 Å². The van der Waals surface area contributed by atoms with Crippen molar-refractivity contribution in [3.05, 3.63) is 118 Å². The van der Waals surface area contributed by atoms with E-state index in [0.29, 0.717) is 21.5 Å². The third-order valence-electron chi connectivity index (χ3n) is 6.94. The number of nitrogens with one attached hydrogen (secondary N) is 1. The lowest BCUT2D eigenvalue weighted by Gasteiger charge is -2.30. The van der Waals surface area contributed by atoms with Gasteiger partial charge in [0, 0.05) is 23.4 Å². The van der Waals surface area contributed by atoms with Crippen molar-refractivity contribution in [1.82, 2.24) is 5.32 Å². The van der Waals surface area contributed by atoms with Crippen molar-refractivity contribution in [2.45, 2.75) is 38.0 Å². The standard InChI is InChI=1S/C32H28ClFN2O3/c1-2-5-24(20-8-10-21(11-9-20)32(39)36-17-16-30(37)38)31(22-12-13-23(19-35)28(33)18-22)27-14-15-29(34)26-7-4-3-6-25(26)27/h3-4,6-15,18,24,31H,2,5,16-17H2,1H3,(H,36,39)(H,37,38). The van der Waals surface area contributed by atoms with Crippen LogP contribution in [0, 0.1) is 17.1 Å². The Kier molecular flexibility index (Phi) is 8.96. The molecule has 0 heterocycles. The van der Waals surface area contributed by atoms with Crippen molar-refractivity contribution in [1.29, 1.82) is 5.26 Å². The topological polar surface area (TPSA) is 90.2 Å². The largest absolute Gasteiger partial charge is 0.481 e. The number of nitriles is 1. The van der Waals surface area contributed by atoms with E-state index in [1.165, 1.54) is 6.07 Å². The smallest absolute Gasteiger partial charge is 0.305 e. The molecule has 4 aromatic carbocycles. The van der Waals surface area contributed by atoms with E-state index < -0.39 is 5.97 Å². The van der Waals surface area contributed by atoms with Gasteiger partial charge >= 0.3 is 5.97 Å². The van der Waals surface area contributed by atoms with Crippen LogP contribution in [0.3, 0.4) is 0 Å². The highest BCUT2D eigenvalue weighted by Gasteiger charge is 2.29. The SMILES string of the molecule is CCCC(c1ccc(C(=O)NCCC(=O)O)cc1)C(c1ccc(C#N)c(Cl)c1)c1ccc(F)c2ccccc12. The van der Waals surface area contributed by atoms with Gasteiger partial charge < -0.3 is 10.4 Å². The fourth-order valence-electron chi connectivity index (χ4n) is 5.10. The van der Waals surface area contributed by atoms with E-state index in [1.54, 1.807) is 24.3 Å². The van der Waals surface area contributed by atoms with Crippen LogP contribution in [-0.2, 0) is 4.79 Å². The summed E-state index contributed by atoms with van der Waals surface area (Å²) in [6, 6.07) is 25.5. The average Bonchev–Trinajstić information content (AvgIpc) is 2.94. The number of hydrogen-bond donors (Lipinski definition) is 2. The molecule has 5 nitrogen and oxygen atoms in total. The number of benzene rings is 4. The van der Waals surface area contributed by atoms with Crippen molar-refractivity contribution in [2.75, 3.05) is 6.54 Å². The minimum Gasteiger partial charge on any atom is -0.481 e. The molecule has 0 aliphatic carbocycles. The second kappa shape index (κ2) is 12.6. The van der Waals surface area contributed by atoms with E-state index >= 15 is 0 Å². The number of carboxylic acid groups (broad SMARTS) is 1. The monoisotopic (exact) mass is 542 g/mol. The molecule has 39 heavy (non-hydrogen) atoms. The summed E-state index contributed by atoms with van der Waals surface area (Å²) in [6.45, 7) is 2.15. The lowest BCUT2D eigenvalue weighted by Crippen LogP contribution is -2.26. The fourth-order valence-corrected chi connectivity index (χ4v) is 5.34. The highest BCUT2D eigenvalue weighted by atomic mass is 35.5. The van der Waals surface area contributed by atoms with Crippen molar-refractivity contribution in [3.63, 3.8) is 0 Å². The number of fused-ring (bicyclic) bond motifs is 1. The molecule has 0 aliphatic rings. The molecule has 0 bridgehead atoms. The van der Waals surface area contributed by atoms with Gasteiger partial charge in [0.05, 0.1) is 17.0 Å². The maximum absolute atomic E-state index is 14.8. The van der Waals surface area contributed by atoms with Crippen LogP contribution < -0.4 is 5.32 Å². The molecular formula is C32H28ClFN2O3. The van der Waals surface area contributed by atoms with E-state index in [9.17, 15) is 19.2 Å². The molecule has 4 aromatic rings. The Hall–Kier alpha value is -4.21. The first kappa shape index (κ1) is 27.8. The summed E-state index contributed by atoms with van der Waals surface area (Å²) in [5, 5.41) is 22.6. The Morgan fingerprint density at radius 1 is 1.00 bits per heavy atom. The Labute approximate surface area is 231 Å². The third-order valence-corrected chi connectivity index (χ3v) is 7.25. The highest BCUT2D eigenvalue weighted by Crippen LogP contribution is 2.44. The quantitative estimate of drug-likeness (QED) is 0.218. The first-order chi connectivity index (χ1) is 18.8. The maximum atomic E-state index is 14.8. The number of hydrogen-bond acceptors (Lipinski definition) is 3. The van der Waals surface area contributed by atoms with Crippen LogP contribution in [-0.4, -0.2) is 23.5 Å². The van der Waals surface area contributed by atoms with Gasteiger partial charge in [-0.25, -0.2) is 4.39 Å². The summed E-state index contributed by atoms with van der Waals surface area (Å²) in [5.74, 6) is -1.87. The zero-order chi connectivity index (χ0) is 27.9. The zero-order valence-electron chi connectivity index (χ0n) is 21.5. The number of rotatable bonds is 10. The number of amides is 1. The molecule has 0 aromatic heterocycles. The Morgan fingerprint density at radius 3 is 2.33 bits per heavy atom. The number of halogens is 2. The van der Waals surface area contributed by atoms with Gasteiger partial charge in [-0.2, -0.15) is 5.26 Å². The first-order valence-corrected chi connectivity index (χ1v) is 13.2. The minimum atomic E-state index is -0.977. The van der Waals surface area contributed by atoms with Crippen LogP contribution in [0.5, 0.6) is 0 Å². The number of carbonyl (C=O) groups is 2. The predicted molar refractivity (Wildman–Crippen MR) is 151 cm³/mol. The van der Waals surface area contributed by atoms with Crippen LogP contribution in [0.25, 0.3) is 10.8 Å². The molecule has 0 spiro atoms.